The van der Waals surface area contributed by atoms with Gasteiger partial charge in [-0.1, -0.05) is 11.8 Å². The van der Waals surface area contributed by atoms with Crippen LogP contribution in [0.15, 0.2) is 51.0 Å². The van der Waals surface area contributed by atoms with E-state index in [1.54, 1.807) is 0 Å². The Bertz CT molecular complexity index is 1160. The standard InChI is InChI=1S/C20H15FN2O6S2/c1-11-10-30-20(22-11)31-18-6-4-13(23(26)27)8-14(18)19(25)29-9-16(24)12-3-5-17(28-2)15(21)7-12/h3-8,10H,9H2,1-2H3. The minimum atomic E-state index is -0.915. The molecule has 1 aromatic heterocycles. The average molecular weight is 462 g/mol. The highest BCUT2D eigenvalue weighted by atomic mass is 32.2. The van der Waals surface area contributed by atoms with Crippen LogP contribution in [-0.4, -0.2) is 35.4 Å². The van der Waals surface area contributed by atoms with Crippen molar-refractivity contribution in [1.82, 2.24) is 4.98 Å². The van der Waals surface area contributed by atoms with Crippen molar-refractivity contribution >= 4 is 40.5 Å². The van der Waals surface area contributed by atoms with Crippen molar-refractivity contribution in [3.8, 4) is 5.75 Å². The van der Waals surface area contributed by atoms with Crippen LogP contribution < -0.4 is 4.74 Å². The third kappa shape index (κ3) is 5.44. The second kappa shape index (κ2) is 9.67. The number of benzene rings is 2. The third-order valence-electron chi connectivity index (χ3n) is 4.00. The number of aryl methyl sites for hydroxylation is 1. The Labute approximate surface area is 184 Å². The van der Waals surface area contributed by atoms with Crippen LogP contribution in [0.2, 0.25) is 0 Å². The van der Waals surface area contributed by atoms with Crippen LogP contribution in [0.4, 0.5) is 10.1 Å². The highest BCUT2D eigenvalue weighted by molar-refractivity contribution is 8.01. The van der Waals surface area contributed by atoms with Gasteiger partial charge in [0.25, 0.3) is 5.69 Å². The molecular formula is C20H15FN2O6S2. The Hall–Kier alpha value is -3.31. The zero-order valence-corrected chi connectivity index (χ0v) is 17.9. The number of ether oxygens (including phenoxy) is 2. The van der Waals surface area contributed by atoms with Gasteiger partial charge in [-0.2, -0.15) is 0 Å². The number of aromatic nitrogens is 1. The quantitative estimate of drug-likeness (QED) is 0.205. The van der Waals surface area contributed by atoms with E-state index < -0.39 is 29.1 Å². The highest BCUT2D eigenvalue weighted by Gasteiger charge is 2.21. The van der Waals surface area contributed by atoms with E-state index in [4.69, 9.17) is 9.47 Å². The van der Waals surface area contributed by atoms with Gasteiger partial charge < -0.3 is 9.47 Å². The molecule has 160 valence electrons. The fourth-order valence-corrected chi connectivity index (χ4v) is 4.38. The fourth-order valence-electron chi connectivity index (χ4n) is 2.49. The molecule has 0 radical (unpaired) electrons. The first kappa shape index (κ1) is 22.4. The second-order valence-corrected chi connectivity index (χ2v) is 8.29. The normalized spacial score (nSPS) is 10.5. The molecule has 3 rings (SSSR count). The number of nitro benzene ring substituents is 1. The van der Waals surface area contributed by atoms with E-state index in [1.807, 2.05) is 12.3 Å². The number of halogens is 1. The molecule has 0 aliphatic heterocycles. The van der Waals surface area contributed by atoms with Crippen molar-refractivity contribution in [2.75, 3.05) is 13.7 Å². The largest absolute Gasteiger partial charge is 0.494 e. The van der Waals surface area contributed by atoms with E-state index >= 15 is 0 Å². The summed E-state index contributed by atoms with van der Waals surface area (Å²) in [5.74, 6) is -2.30. The van der Waals surface area contributed by atoms with Crippen LogP contribution in [0.1, 0.15) is 26.4 Å². The van der Waals surface area contributed by atoms with Crippen molar-refractivity contribution in [1.29, 1.82) is 0 Å². The summed E-state index contributed by atoms with van der Waals surface area (Å²) in [7, 11) is 1.29. The summed E-state index contributed by atoms with van der Waals surface area (Å²) in [5, 5.41) is 13.0. The summed E-state index contributed by atoms with van der Waals surface area (Å²) in [6.45, 7) is 1.16. The number of hydrogen-bond donors (Lipinski definition) is 0. The van der Waals surface area contributed by atoms with E-state index in [9.17, 15) is 24.1 Å². The first-order valence-electron chi connectivity index (χ1n) is 8.70. The Balaban J connectivity index is 1.79. The van der Waals surface area contributed by atoms with Crippen LogP contribution in [0, 0.1) is 22.9 Å². The monoisotopic (exact) mass is 462 g/mol. The van der Waals surface area contributed by atoms with E-state index in [2.05, 4.69) is 4.98 Å². The van der Waals surface area contributed by atoms with Gasteiger partial charge >= 0.3 is 5.97 Å². The second-order valence-electron chi connectivity index (χ2n) is 6.14. The van der Waals surface area contributed by atoms with Gasteiger partial charge in [-0.3, -0.25) is 14.9 Å². The predicted molar refractivity (Wildman–Crippen MR) is 112 cm³/mol. The molecule has 1 heterocycles. The average Bonchev–Trinajstić information content (AvgIpc) is 3.16. The molecule has 8 nitrogen and oxygen atoms in total. The number of methoxy groups -OCH3 is 1. The zero-order valence-electron chi connectivity index (χ0n) is 16.3. The molecular weight excluding hydrogens is 447 g/mol. The summed E-state index contributed by atoms with van der Waals surface area (Å²) in [6, 6.07) is 7.39. The van der Waals surface area contributed by atoms with Crippen molar-refractivity contribution in [3.05, 3.63) is 74.5 Å². The number of nitrogens with zero attached hydrogens (tertiary/aromatic N) is 2. The highest BCUT2D eigenvalue weighted by Crippen LogP contribution is 2.34. The molecule has 0 bridgehead atoms. The summed E-state index contributed by atoms with van der Waals surface area (Å²) in [5.41, 5.74) is 0.435. The zero-order chi connectivity index (χ0) is 22.5. The molecule has 0 saturated carbocycles. The lowest BCUT2D eigenvalue weighted by Crippen LogP contribution is -2.15. The molecule has 0 spiro atoms. The summed E-state index contributed by atoms with van der Waals surface area (Å²) in [4.78, 5) is 40.1. The maximum Gasteiger partial charge on any atom is 0.339 e. The van der Waals surface area contributed by atoms with Crippen LogP contribution in [0.25, 0.3) is 0 Å². The van der Waals surface area contributed by atoms with Gasteiger partial charge in [0.15, 0.2) is 28.3 Å². The molecule has 0 N–H and O–H groups in total. The number of Topliss-reactive ketones (excluding diaryl/α,β-unsaturated/α-hetero) is 1. The van der Waals surface area contributed by atoms with Gasteiger partial charge in [0.2, 0.25) is 0 Å². The maximum atomic E-state index is 13.8. The van der Waals surface area contributed by atoms with Crippen LogP contribution in [-0.2, 0) is 4.74 Å². The molecule has 0 amide bonds. The summed E-state index contributed by atoms with van der Waals surface area (Å²) < 4.78 is 24.3. The van der Waals surface area contributed by atoms with E-state index in [0.717, 1.165) is 29.6 Å². The van der Waals surface area contributed by atoms with Crippen molar-refractivity contribution < 1.29 is 28.4 Å². The number of rotatable bonds is 8. The Kier molecular flexibility index (Phi) is 6.98. The Morgan fingerprint density at radius 1 is 1.26 bits per heavy atom. The van der Waals surface area contributed by atoms with Crippen molar-refractivity contribution in [2.45, 2.75) is 16.2 Å². The van der Waals surface area contributed by atoms with E-state index in [0.29, 0.717) is 9.24 Å². The van der Waals surface area contributed by atoms with E-state index in [1.165, 1.54) is 42.7 Å². The van der Waals surface area contributed by atoms with Gasteiger partial charge in [-0.05, 0) is 31.2 Å². The van der Waals surface area contributed by atoms with Gasteiger partial charge in [-0.15, -0.1) is 11.3 Å². The fraction of sp³-hybridized carbons (Fsp3) is 0.150. The van der Waals surface area contributed by atoms with Crippen LogP contribution in [0.5, 0.6) is 5.75 Å². The topological polar surface area (TPSA) is 109 Å². The Morgan fingerprint density at radius 3 is 2.65 bits per heavy atom. The number of carbonyl (C=O) groups is 2. The predicted octanol–water partition coefficient (Wildman–Crippen LogP) is 4.70. The molecule has 0 aliphatic carbocycles. The molecule has 0 saturated heterocycles. The Morgan fingerprint density at radius 2 is 2.03 bits per heavy atom. The van der Waals surface area contributed by atoms with Gasteiger partial charge in [0.1, 0.15) is 0 Å². The summed E-state index contributed by atoms with van der Waals surface area (Å²) >= 11 is 2.52. The maximum absolute atomic E-state index is 13.8. The molecule has 3 aromatic rings. The first-order chi connectivity index (χ1) is 14.8. The smallest absolute Gasteiger partial charge is 0.339 e. The number of hydrogen-bond acceptors (Lipinski definition) is 9. The number of carbonyl (C=O) groups excluding carboxylic acids is 2. The van der Waals surface area contributed by atoms with E-state index in [-0.39, 0.29) is 22.6 Å². The number of thiazole rings is 1. The molecule has 0 fully saturated rings. The number of esters is 1. The van der Waals surface area contributed by atoms with Gasteiger partial charge in [0, 0.05) is 33.7 Å². The van der Waals surface area contributed by atoms with Crippen LogP contribution in [0.3, 0.4) is 0 Å². The molecule has 0 atom stereocenters. The molecule has 0 unspecified atom stereocenters. The van der Waals surface area contributed by atoms with Gasteiger partial charge in [-0.25, -0.2) is 14.2 Å². The van der Waals surface area contributed by atoms with Crippen molar-refractivity contribution in [3.63, 3.8) is 0 Å². The lowest BCUT2D eigenvalue weighted by atomic mass is 10.1. The summed E-state index contributed by atoms with van der Waals surface area (Å²) in [6.07, 6.45) is 0. The number of ketones is 1. The van der Waals surface area contributed by atoms with Gasteiger partial charge in [0.05, 0.1) is 17.6 Å². The minimum absolute atomic E-state index is 0.00185. The molecule has 31 heavy (non-hydrogen) atoms. The molecule has 2 aromatic carbocycles. The number of non-ortho nitro benzene ring substituents is 1. The lowest BCUT2D eigenvalue weighted by molar-refractivity contribution is -0.384. The third-order valence-corrected chi connectivity index (χ3v) is 6.13. The molecule has 0 aliphatic rings. The number of nitro groups is 1. The minimum Gasteiger partial charge on any atom is -0.494 e. The van der Waals surface area contributed by atoms with Crippen molar-refractivity contribution in [2.24, 2.45) is 0 Å². The van der Waals surface area contributed by atoms with Crippen LogP contribution >= 0.6 is 23.1 Å². The molecule has 11 heteroatoms. The first-order valence-corrected chi connectivity index (χ1v) is 10.4. The SMILES string of the molecule is COc1ccc(C(=O)COC(=O)c2cc([N+](=O)[O-])ccc2Sc2nc(C)cs2)cc1F. The lowest BCUT2D eigenvalue weighted by Gasteiger charge is -2.09.